The Morgan fingerprint density at radius 2 is 1.88 bits per heavy atom. The molecule has 0 amide bonds. The molecule has 4 nitrogen and oxygen atoms in total. The van der Waals surface area contributed by atoms with Gasteiger partial charge < -0.3 is 10.5 Å². The van der Waals surface area contributed by atoms with Crippen molar-refractivity contribution in [2.75, 3.05) is 12.8 Å². The second-order valence-electron chi connectivity index (χ2n) is 5.00. The molecule has 1 aliphatic carbocycles. The van der Waals surface area contributed by atoms with E-state index in [1.54, 1.807) is 7.11 Å². The van der Waals surface area contributed by atoms with Gasteiger partial charge in [0.2, 0.25) is 0 Å². The van der Waals surface area contributed by atoms with Crippen molar-refractivity contribution in [2.45, 2.75) is 45.6 Å². The van der Waals surface area contributed by atoms with Crippen LogP contribution in [0.3, 0.4) is 0 Å². The van der Waals surface area contributed by atoms with E-state index in [0.717, 1.165) is 29.9 Å². The van der Waals surface area contributed by atoms with E-state index in [1.807, 2.05) is 0 Å². The molecule has 1 aromatic rings. The number of methoxy groups -OCH3 is 1. The van der Waals surface area contributed by atoms with Crippen molar-refractivity contribution in [1.29, 1.82) is 0 Å². The highest BCUT2D eigenvalue weighted by atomic mass is 16.5. The Balaban J connectivity index is 2.39. The van der Waals surface area contributed by atoms with Crippen molar-refractivity contribution in [3.8, 4) is 0 Å². The number of rotatable bonds is 3. The maximum atomic E-state index is 6.03. The van der Waals surface area contributed by atoms with E-state index in [-0.39, 0.29) is 6.10 Å². The second kappa shape index (κ2) is 5.00. The summed E-state index contributed by atoms with van der Waals surface area (Å²) < 4.78 is 5.46. The molecule has 0 fully saturated rings. The van der Waals surface area contributed by atoms with Gasteiger partial charge in [-0.1, -0.05) is 13.8 Å². The minimum Gasteiger partial charge on any atom is -0.383 e. The third-order valence-corrected chi connectivity index (χ3v) is 3.35. The number of nitrogens with two attached hydrogens (primary N) is 1. The number of nitrogens with zero attached hydrogens (tertiary/aromatic N) is 2. The number of aryl methyl sites for hydroxylation is 1. The van der Waals surface area contributed by atoms with Gasteiger partial charge in [-0.2, -0.15) is 0 Å². The maximum Gasteiger partial charge on any atom is 0.159 e. The van der Waals surface area contributed by atoms with E-state index in [9.17, 15) is 0 Å². The molecule has 1 heterocycles. The van der Waals surface area contributed by atoms with Crippen LogP contribution in [0.1, 0.15) is 49.9 Å². The van der Waals surface area contributed by atoms with Crippen LogP contribution in [0, 0.1) is 5.92 Å². The molecule has 0 aromatic carbocycles. The fraction of sp³-hybridized carbons (Fsp3) is 0.692. The van der Waals surface area contributed by atoms with Gasteiger partial charge in [0, 0.05) is 18.4 Å². The first-order chi connectivity index (χ1) is 8.13. The van der Waals surface area contributed by atoms with E-state index in [4.69, 9.17) is 10.5 Å². The fourth-order valence-corrected chi connectivity index (χ4v) is 2.45. The minimum atomic E-state index is -0.0653. The molecule has 0 aliphatic heterocycles. The lowest BCUT2D eigenvalue weighted by Gasteiger charge is -2.22. The molecule has 1 aliphatic rings. The smallest absolute Gasteiger partial charge is 0.159 e. The van der Waals surface area contributed by atoms with Crippen molar-refractivity contribution in [1.82, 2.24) is 9.97 Å². The van der Waals surface area contributed by atoms with Gasteiger partial charge in [-0.25, -0.2) is 9.97 Å². The molecular formula is C13H21N3O. The summed E-state index contributed by atoms with van der Waals surface area (Å²) in [5, 5.41) is 0. The van der Waals surface area contributed by atoms with Gasteiger partial charge in [0.05, 0.1) is 0 Å². The molecule has 0 saturated heterocycles. The number of aromatic nitrogens is 2. The first-order valence-corrected chi connectivity index (χ1v) is 6.31. The molecule has 0 spiro atoms. The van der Waals surface area contributed by atoms with Crippen LogP contribution < -0.4 is 5.73 Å². The lowest BCUT2D eigenvalue weighted by Crippen LogP contribution is -2.18. The molecule has 17 heavy (non-hydrogen) atoms. The second-order valence-corrected chi connectivity index (χ2v) is 5.00. The van der Waals surface area contributed by atoms with Crippen LogP contribution in [0.2, 0.25) is 0 Å². The van der Waals surface area contributed by atoms with Crippen LogP contribution in [0.25, 0.3) is 0 Å². The normalized spacial score (nSPS) is 16.9. The molecule has 0 radical (unpaired) electrons. The van der Waals surface area contributed by atoms with Gasteiger partial charge >= 0.3 is 0 Å². The van der Waals surface area contributed by atoms with Crippen LogP contribution in [-0.4, -0.2) is 17.1 Å². The van der Waals surface area contributed by atoms with Crippen molar-refractivity contribution in [3.05, 3.63) is 17.1 Å². The largest absolute Gasteiger partial charge is 0.383 e. The highest BCUT2D eigenvalue weighted by molar-refractivity contribution is 5.43. The Morgan fingerprint density at radius 3 is 2.53 bits per heavy atom. The molecule has 1 unspecified atom stereocenters. The highest BCUT2D eigenvalue weighted by Crippen LogP contribution is 2.28. The van der Waals surface area contributed by atoms with Gasteiger partial charge in [0.15, 0.2) is 5.82 Å². The van der Waals surface area contributed by atoms with Crippen LogP contribution >= 0.6 is 0 Å². The zero-order valence-corrected chi connectivity index (χ0v) is 10.9. The average Bonchev–Trinajstić information content (AvgIpc) is 2.29. The predicted octanol–water partition coefficient (Wildman–Crippen LogP) is 2.28. The first-order valence-electron chi connectivity index (χ1n) is 6.31. The van der Waals surface area contributed by atoms with Crippen molar-refractivity contribution in [3.63, 3.8) is 0 Å². The third-order valence-electron chi connectivity index (χ3n) is 3.35. The molecule has 0 saturated carbocycles. The number of fused-ring (bicyclic) bond motifs is 1. The number of ether oxygens (including phenoxy) is 1. The zero-order chi connectivity index (χ0) is 12.4. The van der Waals surface area contributed by atoms with Gasteiger partial charge in [-0.3, -0.25) is 0 Å². The summed E-state index contributed by atoms with van der Waals surface area (Å²) >= 11 is 0. The van der Waals surface area contributed by atoms with Crippen LogP contribution in [0.15, 0.2) is 0 Å². The molecule has 2 rings (SSSR count). The molecule has 1 aromatic heterocycles. The SMILES string of the molecule is COC(c1nc(N)c2c(n1)CCCC2)C(C)C. The number of hydrogen-bond acceptors (Lipinski definition) is 4. The number of nitrogen functional groups attached to an aromatic ring is 1. The molecule has 4 heteroatoms. The van der Waals surface area contributed by atoms with Gasteiger partial charge in [-0.05, 0) is 31.6 Å². The van der Waals surface area contributed by atoms with Gasteiger partial charge in [0.25, 0.3) is 0 Å². The summed E-state index contributed by atoms with van der Waals surface area (Å²) in [6.45, 7) is 4.21. The monoisotopic (exact) mass is 235 g/mol. The number of hydrogen-bond donors (Lipinski definition) is 1. The minimum absolute atomic E-state index is 0.0653. The van der Waals surface area contributed by atoms with Crippen molar-refractivity contribution >= 4 is 5.82 Å². The lowest BCUT2D eigenvalue weighted by atomic mass is 9.96. The molecule has 0 bridgehead atoms. The third kappa shape index (κ3) is 2.41. The fourth-order valence-electron chi connectivity index (χ4n) is 2.45. The topological polar surface area (TPSA) is 61.0 Å². The number of anilines is 1. The van der Waals surface area contributed by atoms with Gasteiger partial charge in [0.1, 0.15) is 11.9 Å². The summed E-state index contributed by atoms with van der Waals surface area (Å²) in [7, 11) is 1.70. The van der Waals surface area contributed by atoms with E-state index in [1.165, 1.54) is 12.8 Å². The summed E-state index contributed by atoms with van der Waals surface area (Å²) in [5.74, 6) is 1.73. The van der Waals surface area contributed by atoms with E-state index in [2.05, 4.69) is 23.8 Å². The van der Waals surface area contributed by atoms with Crippen LogP contribution in [0.5, 0.6) is 0 Å². The molecular weight excluding hydrogens is 214 g/mol. The summed E-state index contributed by atoms with van der Waals surface area (Å²) in [6, 6.07) is 0. The van der Waals surface area contributed by atoms with E-state index < -0.39 is 0 Å². The van der Waals surface area contributed by atoms with E-state index >= 15 is 0 Å². The average molecular weight is 235 g/mol. The predicted molar refractivity (Wildman–Crippen MR) is 67.7 cm³/mol. The summed E-state index contributed by atoms with van der Waals surface area (Å²) in [6.07, 6.45) is 4.36. The molecule has 1 atom stereocenters. The Kier molecular flexibility index (Phi) is 3.62. The standard InChI is InChI=1S/C13H21N3O/c1-8(2)11(17-3)13-15-10-7-5-4-6-9(10)12(14)16-13/h8,11H,4-7H2,1-3H3,(H2,14,15,16). The Morgan fingerprint density at radius 1 is 1.18 bits per heavy atom. The Bertz CT molecular complexity index is 404. The quantitative estimate of drug-likeness (QED) is 0.873. The van der Waals surface area contributed by atoms with Gasteiger partial charge in [-0.15, -0.1) is 0 Å². The van der Waals surface area contributed by atoms with Crippen molar-refractivity contribution < 1.29 is 4.74 Å². The Hall–Kier alpha value is -1.16. The summed E-state index contributed by atoms with van der Waals surface area (Å²) in [5.41, 5.74) is 8.31. The summed E-state index contributed by atoms with van der Waals surface area (Å²) in [4.78, 5) is 9.07. The molecule has 2 N–H and O–H groups in total. The van der Waals surface area contributed by atoms with Crippen LogP contribution in [-0.2, 0) is 17.6 Å². The Labute approximate surface area is 103 Å². The maximum absolute atomic E-state index is 6.03. The molecule has 94 valence electrons. The van der Waals surface area contributed by atoms with Crippen molar-refractivity contribution in [2.24, 2.45) is 5.92 Å². The zero-order valence-electron chi connectivity index (χ0n) is 10.9. The first kappa shape index (κ1) is 12.3. The van der Waals surface area contributed by atoms with Crippen LogP contribution in [0.4, 0.5) is 5.82 Å². The van der Waals surface area contributed by atoms with E-state index in [0.29, 0.717) is 11.7 Å². The lowest BCUT2D eigenvalue weighted by molar-refractivity contribution is 0.0573. The highest BCUT2D eigenvalue weighted by Gasteiger charge is 2.22.